The summed E-state index contributed by atoms with van der Waals surface area (Å²) in [6, 6.07) is 7.10. The van der Waals surface area contributed by atoms with Gasteiger partial charge in [-0.1, -0.05) is 37.6 Å². The van der Waals surface area contributed by atoms with Gasteiger partial charge in [0.15, 0.2) is 0 Å². The lowest BCUT2D eigenvalue weighted by Gasteiger charge is -2.34. The van der Waals surface area contributed by atoms with Gasteiger partial charge in [0, 0.05) is 11.4 Å². The highest BCUT2D eigenvalue weighted by Crippen LogP contribution is 2.34. The second-order valence-electron chi connectivity index (χ2n) is 4.89. The van der Waals surface area contributed by atoms with E-state index in [1.54, 1.807) is 31.2 Å². The molecular weight excluding hydrogens is 236 g/mol. The van der Waals surface area contributed by atoms with Gasteiger partial charge in [0.1, 0.15) is 0 Å². The number of benzene rings is 1. The Balaban J connectivity index is 2.91. The molecule has 0 amide bonds. The Bertz CT molecular complexity index is 353. The molecule has 1 aromatic rings. The summed E-state index contributed by atoms with van der Waals surface area (Å²) in [6.45, 7) is 5.59. The molecule has 0 fully saturated rings. The van der Waals surface area contributed by atoms with Crippen molar-refractivity contribution >= 4 is 11.6 Å². The van der Waals surface area contributed by atoms with Gasteiger partial charge in [0.05, 0.1) is 11.2 Å². The summed E-state index contributed by atoms with van der Waals surface area (Å²) in [5.41, 5.74) is -1.07. The van der Waals surface area contributed by atoms with E-state index < -0.39 is 11.2 Å². The van der Waals surface area contributed by atoms with Crippen LogP contribution < -0.4 is 0 Å². The average Bonchev–Trinajstić information content (AvgIpc) is 2.29. The molecule has 2 N–H and O–H groups in total. The second kappa shape index (κ2) is 5.38. The van der Waals surface area contributed by atoms with E-state index in [9.17, 15) is 10.2 Å². The molecule has 0 aliphatic heterocycles. The lowest BCUT2D eigenvalue weighted by Crippen LogP contribution is -2.37. The zero-order chi connectivity index (χ0) is 13.1. The molecule has 0 spiro atoms. The normalized spacial score (nSPS) is 15.6. The van der Waals surface area contributed by atoms with Crippen molar-refractivity contribution in [1.82, 2.24) is 0 Å². The molecule has 0 aromatic heterocycles. The molecule has 0 saturated carbocycles. The van der Waals surface area contributed by atoms with E-state index in [4.69, 9.17) is 11.6 Å². The van der Waals surface area contributed by atoms with E-state index in [1.807, 2.05) is 13.8 Å². The third-order valence-corrected chi connectivity index (χ3v) is 3.71. The van der Waals surface area contributed by atoms with Crippen molar-refractivity contribution in [2.75, 3.05) is 0 Å². The number of hydrogen-bond donors (Lipinski definition) is 2. The predicted octanol–water partition coefficient (Wildman–Crippen LogP) is 3.49. The highest BCUT2D eigenvalue weighted by molar-refractivity contribution is 6.30. The molecular formula is C14H21ClO2. The number of aliphatic hydroxyl groups is 2. The molecule has 1 rings (SSSR count). The summed E-state index contributed by atoms with van der Waals surface area (Å²) in [7, 11) is 0. The topological polar surface area (TPSA) is 40.5 Å². The van der Waals surface area contributed by atoms with Gasteiger partial charge in [-0.15, -0.1) is 0 Å². The van der Waals surface area contributed by atoms with Gasteiger partial charge in [-0.05, 0) is 37.5 Å². The Kier molecular flexibility index (Phi) is 4.59. The van der Waals surface area contributed by atoms with E-state index in [-0.39, 0.29) is 0 Å². The first-order valence-electron chi connectivity index (χ1n) is 6.04. The number of hydrogen-bond acceptors (Lipinski definition) is 2. The van der Waals surface area contributed by atoms with Crippen LogP contribution in [0.3, 0.4) is 0 Å². The molecule has 0 aliphatic rings. The maximum Gasteiger partial charge on any atom is 0.0895 e. The van der Waals surface area contributed by atoms with Crippen LogP contribution >= 0.6 is 11.6 Å². The Morgan fingerprint density at radius 3 is 1.94 bits per heavy atom. The minimum absolute atomic E-state index is 0.328. The van der Waals surface area contributed by atoms with Crippen LogP contribution in [0, 0.1) is 0 Å². The Labute approximate surface area is 108 Å². The van der Waals surface area contributed by atoms with Crippen LogP contribution in [0.4, 0.5) is 0 Å². The van der Waals surface area contributed by atoms with Gasteiger partial charge >= 0.3 is 0 Å². The fourth-order valence-corrected chi connectivity index (χ4v) is 2.18. The molecule has 0 heterocycles. The van der Waals surface area contributed by atoms with E-state index in [1.165, 1.54) is 0 Å². The molecule has 0 aliphatic carbocycles. The van der Waals surface area contributed by atoms with Crippen molar-refractivity contribution in [2.24, 2.45) is 0 Å². The van der Waals surface area contributed by atoms with Crippen molar-refractivity contribution < 1.29 is 10.2 Å². The Morgan fingerprint density at radius 1 is 1.06 bits per heavy atom. The lowest BCUT2D eigenvalue weighted by molar-refractivity contribution is -0.0628. The highest BCUT2D eigenvalue weighted by atomic mass is 35.5. The first-order chi connectivity index (χ1) is 7.83. The monoisotopic (exact) mass is 256 g/mol. The van der Waals surface area contributed by atoms with Gasteiger partial charge in [0.25, 0.3) is 0 Å². The van der Waals surface area contributed by atoms with E-state index in [0.717, 1.165) is 5.56 Å². The molecule has 0 radical (unpaired) electrons. The van der Waals surface area contributed by atoms with Crippen LogP contribution in [-0.4, -0.2) is 15.8 Å². The lowest BCUT2D eigenvalue weighted by atomic mass is 9.81. The van der Waals surface area contributed by atoms with Gasteiger partial charge < -0.3 is 10.2 Å². The standard InChI is InChI=1S/C14H21ClO2/c1-4-14(17,5-2)10-13(3,16)11-6-8-12(15)9-7-11/h6-9,16-17H,4-5,10H2,1-3H3. The fourth-order valence-electron chi connectivity index (χ4n) is 2.05. The highest BCUT2D eigenvalue weighted by Gasteiger charge is 2.34. The van der Waals surface area contributed by atoms with E-state index >= 15 is 0 Å². The van der Waals surface area contributed by atoms with Gasteiger partial charge in [-0.2, -0.15) is 0 Å². The molecule has 1 aromatic carbocycles. The van der Waals surface area contributed by atoms with E-state index in [2.05, 4.69) is 0 Å². The zero-order valence-corrected chi connectivity index (χ0v) is 11.5. The van der Waals surface area contributed by atoms with Gasteiger partial charge in [-0.3, -0.25) is 0 Å². The zero-order valence-electron chi connectivity index (χ0n) is 10.7. The molecule has 1 atom stereocenters. The van der Waals surface area contributed by atoms with Crippen LogP contribution in [0.25, 0.3) is 0 Å². The van der Waals surface area contributed by atoms with Crippen molar-refractivity contribution in [3.63, 3.8) is 0 Å². The fraction of sp³-hybridized carbons (Fsp3) is 0.571. The largest absolute Gasteiger partial charge is 0.390 e. The van der Waals surface area contributed by atoms with Gasteiger partial charge in [-0.25, -0.2) is 0 Å². The summed E-state index contributed by atoms with van der Waals surface area (Å²) >= 11 is 5.82. The predicted molar refractivity (Wildman–Crippen MR) is 71.2 cm³/mol. The first kappa shape index (κ1) is 14.5. The SMILES string of the molecule is CCC(O)(CC)CC(C)(O)c1ccc(Cl)cc1. The minimum atomic E-state index is -1.04. The minimum Gasteiger partial charge on any atom is -0.390 e. The van der Waals surface area contributed by atoms with E-state index in [0.29, 0.717) is 24.3 Å². The van der Waals surface area contributed by atoms with Crippen LogP contribution in [0.2, 0.25) is 5.02 Å². The van der Waals surface area contributed by atoms with Gasteiger partial charge in [0.2, 0.25) is 0 Å². The third-order valence-electron chi connectivity index (χ3n) is 3.46. The third kappa shape index (κ3) is 3.70. The summed E-state index contributed by atoms with van der Waals surface area (Å²) in [6.07, 6.45) is 1.59. The Hall–Kier alpha value is -0.570. The van der Waals surface area contributed by atoms with Crippen LogP contribution in [0.5, 0.6) is 0 Å². The maximum atomic E-state index is 10.5. The average molecular weight is 257 g/mol. The summed E-state index contributed by atoms with van der Waals surface area (Å²) < 4.78 is 0. The van der Waals surface area contributed by atoms with Crippen molar-refractivity contribution in [1.29, 1.82) is 0 Å². The molecule has 1 unspecified atom stereocenters. The first-order valence-corrected chi connectivity index (χ1v) is 6.41. The van der Waals surface area contributed by atoms with Crippen molar-refractivity contribution in [3.05, 3.63) is 34.9 Å². The molecule has 0 bridgehead atoms. The second-order valence-corrected chi connectivity index (χ2v) is 5.33. The van der Waals surface area contributed by atoms with Crippen LogP contribution in [0.15, 0.2) is 24.3 Å². The van der Waals surface area contributed by atoms with Crippen LogP contribution in [0.1, 0.15) is 45.6 Å². The molecule has 96 valence electrons. The molecule has 0 saturated heterocycles. The smallest absolute Gasteiger partial charge is 0.0895 e. The molecule has 3 heteroatoms. The van der Waals surface area contributed by atoms with Crippen molar-refractivity contribution in [3.8, 4) is 0 Å². The quantitative estimate of drug-likeness (QED) is 0.847. The maximum absolute atomic E-state index is 10.5. The van der Waals surface area contributed by atoms with Crippen molar-refractivity contribution in [2.45, 2.75) is 51.2 Å². The van der Waals surface area contributed by atoms with Crippen LogP contribution in [-0.2, 0) is 5.60 Å². The summed E-state index contributed by atoms with van der Waals surface area (Å²) in [4.78, 5) is 0. The molecule has 2 nitrogen and oxygen atoms in total. The molecule has 17 heavy (non-hydrogen) atoms. The number of halogens is 1. The summed E-state index contributed by atoms with van der Waals surface area (Å²) in [5, 5.41) is 21.4. The Morgan fingerprint density at radius 2 is 1.53 bits per heavy atom. The summed E-state index contributed by atoms with van der Waals surface area (Å²) in [5.74, 6) is 0. The number of rotatable bonds is 5.